The minimum atomic E-state index is 0.0773. The van der Waals surface area contributed by atoms with Crippen LogP contribution in [-0.4, -0.2) is 6.71 Å². The molecule has 0 amide bonds. The number of para-hydroxylation sites is 3. The third-order valence-electron chi connectivity index (χ3n) is 10.1. The van der Waals surface area contributed by atoms with Crippen LogP contribution in [0, 0.1) is 0 Å². The second-order valence-electron chi connectivity index (χ2n) is 13.2. The van der Waals surface area contributed by atoms with E-state index in [1.165, 1.54) is 44.5 Å². The standard InChI is InChI=1S/C47H38BN3/c1-2-17-40(49(37-20-6-3-7-21-37)38-22-8-4-9-23-38)33-42-34-48-43-26-14-15-27-44(43)51(39-24-10-5-11-25-39)46-29-16-28-45(47(46)48)50(42)41-31-30-35-18-12-13-19-36(35)32-41/h2-4,6-10,12-34H,5,11H2,1H3/b17-2-,40-33+. The molecule has 9 rings (SSSR count). The Bertz CT molecular complexity index is 2360. The molecule has 6 aromatic rings. The Kier molecular flexibility index (Phi) is 7.98. The molecule has 3 aliphatic rings. The molecule has 2 aliphatic heterocycles. The molecule has 51 heavy (non-hydrogen) atoms. The monoisotopic (exact) mass is 655 g/mol. The fraction of sp³-hybridized carbons (Fsp3) is 0.0638. The topological polar surface area (TPSA) is 9.72 Å². The van der Waals surface area contributed by atoms with Gasteiger partial charge in [-0.1, -0.05) is 115 Å². The molecule has 0 spiro atoms. The van der Waals surface area contributed by atoms with Gasteiger partial charge in [-0.2, -0.15) is 0 Å². The average molecular weight is 656 g/mol. The second kappa shape index (κ2) is 13.2. The number of fused-ring (bicyclic) bond motifs is 3. The molecule has 0 N–H and O–H groups in total. The van der Waals surface area contributed by atoms with Crippen molar-refractivity contribution in [1.29, 1.82) is 0 Å². The van der Waals surface area contributed by atoms with Crippen molar-refractivity contribution in [2.24, 2.45) is 0 Å². The Labute approximate surface area is 301 Å². The summed E-state index contributed by atoms with van der Waals surface area (Å²) >= 11 is 0. The molecule has 0 bridgehead atoms. The molecule has 0 saturated heterocycles. The van der Waals surface area contributed by atoms with Crippen molar-refractivity contribution in [3.63, 3.8) is 0 Å². The number of benzene rings is 6. The summed E-state index contributed by atoms with van der Waals surface area (Å²) in [5.41, 5.74) is 13.1. The van der Waals surface area contributed by atoms with E-state index < -0.39 is 0 Å². The molecule has 0 radical (unpaired) electrons. The van der Waals surface area contributed by atoms with Gasteiger partial charge in [-0.15, -0.1) is 0 Å². The maximum absolute atomic E-state index is 2.49. The minimum Gasteiger partial charge on any atom is -0.312 e. The van der Waals surface area contributed by atoms with Crippen LogP contribution in [0.3, 0.4) is 0 Å². The van der Waals surface area contributed by atoms with Gasteiger partial charge in [-0.05, 0) is 114 Å². The van der Waals surface area contributed by atoms with E-state index in [0.717, 1.165) is 41.3 Å². The van der Waals surface area contributed by atoms with Gasteiger partial charge in [0.05, 0.1) is 0 Å². The number of anilines is 6. The summed E-state index contributed by atoms with van der Waals surface area (Å²) in [7, 11) is 0. The van der Waals surface area contributed by atoms with Gasteiger partial charge in [0.2, 0.25) is 6.71 Å². The van der Waals surface area contributed by atoms with E-state index in [1.54, 1.807) is 0 Å². The molecule has 0 saturated carbocycles. The quantitative estimate of drug-likeness (QED) is 0.125. The van der Waals surface area contributed by atoms with E-state index >= 15 is 0 Å². The molecule has 3 nitrogen and oxygen atoms in total. The van der Waals surface area contributed by atoms with E-state index in [1.807, 2.05) is 0 Å². The number of rotatable bonds is 7. The third-order valence-corrected chi connectivity index (χ3v) is 10.1. The molecular weight excluding hydrogens is 617 g/mol. The van der Waals surface area contributed by atoms with Crippen LogP contribution in [0.2, 0.25) is 0 Å². The van der Waals surface area contributed by atoms with Crippen molar-refractivity contribution < 1.29 is 0 Å². The Hall–Kier alpha value is -6.26. The van der Waals surface area contributed by atoms with Crippen molar-refractivity contribution >= 4 is 62.5 Å². The van der Waals surface area contributed by atoms with Gasteiger partial charge in [0.1, 0.15) is 0 Å². The molecule has 6 aromatic carbocycles. The van der Waals surface area contributed by atoms with Crippen molar-refractivity contribution in [1.82, 2.24) is 0 Å². The average Bonchev–Trinajstić information content (AvgIpc) is 3.19. The largest absolute Gasteiger partial charge is 0.312 e. The SMILES string of the molecule is C/C=C\C(=C/C1=CB2c3ccccc3N(C3=CCCC=C3)c3cccc(c32)N1c1ccc2ccccc2c1)N(c1ccccc1)c1ccccc1. The van der Waals surface area contributed by atoms with Gasteiger partial charge in [-0.3, -0.25) is 0 Å². The Balaban J connectivity index is 1.31. The molecule has 0 fully saturated rings. The van der Waals surface area contributed by atoms with Crippen molar-refractivity contribution in [3.8, 4) is 0 Å². The van der Waals surface area contributed by atoms with Gasteiger partial charge in [-0.25, -0.2) is 0 Å². The lowest BCUT2D eigenvalue weighted by Gasteiger charge is -2.43. The molecule has 0 atom stereocenters. The summed E-state index contributed by atoms with van der Waals surface area (Å²) in [5, 5.41) is 2.45. The van der Waals surface area contributed by atoms with E-state index in [4.69, 9.17) is 0 Å². The van der Waals surface area contributed by atoms with Gasteiger partial charge in [0.15, 0.2) is 0 Å². The number of allylic oxidation sites excluding steroid dienone is 6. The van der Waals surface area contributed by atoms with E-state index in [-0.39, 0.29) is 6.71 Å². The van der Waals surface area contributed by atoms with Crippen LogP contribution in [0.15, 0.2) is 205 Å². The molecule has 0 unspecified atom stereocenters. The first kappa shape index (κ1) is 30.8. The maximum atomic E-state index is 2.49. The maximum Gasteiger partial charge on any atom is 0.244 e. The molecular formula is C47H38BN3. The molecule has 4 heteroatoms. The van der Waals surface area contributed by atoms with Gasteiger partial charge in [0.25, 0.3) is 0 Å². The summed E-state index contributed by atoms with van der Waals surface area (Å²) in [6.45, 7) is 2.17. The Morgan fingerprint density at radius 1 is 0.647 bits per heavy atom. The van der Waals surface area contributed by atoms with Crippen LogP contribution in [-0.2, 0) is 0 Å². The lowest BCUT2D eigenvalue weighted by Crippen LogP contribution is -2.53. The summed E-state index contributed by atoms with van der Waals surface area (Å²) < 4.78 is 0. The highest BCUT2D eigenvalue weighted by Gasteiger charge is 2.39. The van der Waals surface area contributed by atoms with Crippen molar-refractivity contribution in [2.45, 2.75) is 19.8 Å². The van der Waals surface area contributed by atoms with Crippen LogP contribution in [0.25, 0.3) is 10.8 Å². The first-order valence-corrected chi connectivity index (χ1v) is 17.9. The first-order valence-electron chi connectivity index (χ1n) is 17.9. The zero-order chi connectivity index (χ0) is 34.1. The van der Waals surface area contributed by atoms with Crippen LogP contribution >= 0.6 is 0 Å². The van der Waals surface area contributed by atoms with Crippen LogP contribution in [0.1, 0.15) is 19.8 Å². The zero-order valence-corrected chi connectivity index (χ0v) is 28.7. The number of hydrogen-bond acceptors (Lipinski definition) is 3. The predicted molar refractivity (Wildman–Crippen MR) is 219 cm³/mol. The highest BCUT2D eigenvalue weighted by Crippen LogP contribution is 2.43. The summed E-state index contributed by atoms with van der Waals surface area (Å²) in [6.07, 6.45) is 15.8. The molecule has 0 aromatic heterocycles. The Morgan fingerprint density at radius 2 is 1.31 bits per heavy atom. The normalized spacial score (nSPS) is 15.1. The predicted octanol–water partition coefficient (Wildman–Crippen LogP) is 11.0. The number of nitrogens with zero attached hydrogens (tertiary/aromatic N) is 3. The number of hydrogen-bond donors (Lipinski definition) is 0. The van der Waals surface area contributed by atoms with E-state index in [0.29, 0.717) is 0 Å². The van der Waals surface area contributed by atoms with Crippen LogP contribution < -0.4 is 25.6 Å². The summed E-state index contributed by atoms with van der Waals surface area (Å²) in [6, 6.07) is 52.6. The molecule has 2 heterocycles. The first-order chi connectivity index (χ1) is 25.3. The van der Waals surface area contributed by atoms with Crippen molar-refractivity contribution in [3.05, 3.63) is 205 Å². The van der Waals surface area contributed by atoms with Gasteiger partial charge >= 0.3 is 0 Å². The van der Waals surface area contributed by atoms with E-state index in [9.17, 15) is 0 Å². The van der Waals surface area contributed by atoms with Crippen LogP contribution in [0.4, 0.5) is 34.1 Å². The highest BCUT2D eigenvalue weighted by atomic mass is 15.2. The summed E-state index contributed by atoms with van der Waals surface area (Å²) in [5.74, 6) is 2.49. The van der Waals surface area contributed by atoms with Gasteiger partial charge < -0.3 is 14.7 Å². The van der Waals surface area contributed by atoms with Crippen molar-refractivity contribution in [2.75, 3.05) is 14.7 Å². The lowest BCUT2D eigenvalue weighted by molar-refractivity contribution is 0.997. The highest BCUT2D eigenvalue weighted by molar-refractivity contribution is 6.93. The fourth-order valence-corrected chi connectivity index (χ4v) is 7.92. The summed E-state index contributed by atoms with van der Waals surface area (Å²) in [4.78, 5) is 7.30. The van der Waals surface area contributed by atoms with Gasteiger partial charge in [0, 0.05) is 51.2 Å². The second-order valence-corrected chi connectivity index (χ2v) is 13.2. The smallest absolute Gasteiger partial charge is 0.244 e. The van der Waals surface area contributed by atoms with Crippen LogP contribution in [0.5, 0.6) is 0 Å². The zero-order valence-electron chi connectivity index (χ0n) is 28.7. The lowest BCUT2D eigenvalue weighted by atomic mass is 9.37. The Morgan fingerprint density at radius 3 is 2.04 bits per heavy atom. The third kappa shape index (κ3) is 5.50. The fourth-order valence-electron chi connectivity index (χ4n) is 7.92. The minimum absolute atomic E-state index is 0.0773. The van der Waals surface area contributed by atoms with E-state index in [2.05, 4.69) is 210 Å². The molecule has 1 aliphatic carbocycles. The molecule has 244 valence electrons.